The summed E-state index contributed by atoms with van der Waals surface area (Å²) in [4.78, 5) is 25.1. The summed E-state index contributed by atoms with van der Waals surface area (Å²) in [6.07, 6.45) is 4.51. The second kappa shape index (κ2) is 6.79. The molecule has 1 aromatic heterocycles. The van der Waals surface area contributed by atoms with Crippen LogP contribution in [0.25, 0.3) is 0 Å². The van der Waals surface area contributed by atoms with E-state index >= 15 is 0 Å². The first-order chi connectivity index (χ1) is 10.7. The summed E-state index contributed by atoms with van der Waals surface area (Å²) in [7, 11) is 0. The molecule has 0 bridgehead atoms. The summed E-state index contributed by atoms with van der Waals surface area (Å²) in [5.41, 5.74) is -0.212. The Hall–Kier alpha value is -1.40. The number of carbonyl (C=O) groups is 2. The summed E-state index contributed by atoms with van der Waals surface area (Å²) in [6, 6.07) is 3.66. The van der Waals surface area contributed by atoms with Crippen LogP contribution in [0.15, 0.2) is 17.5 Å². The van der Waals surface area contributed by atoms with E-state index in [4.69, 9.17) is 0 Å². The second-order valence-electron chi connectivity index (χ2n) is 6.22. The molecule has 2 atom stereocenters. The second-order valence-corrected chi connectivity index (χ2v) is 7.17. The van der Waals surface area contributed by atoms with Gasteiger partial charge in [-0.1, -0.05) is 18.9 Å². The van der Waals surface area contributed by atoms with E-state index in [1.54, 1.807) is 6.07 Å². The van der Waals surface area contributed by atoms with Gasteiger partial charge in [-0.25, -0.2) is 0 Å². The minimum atomic E-state index is -0.212. The first kappa shape index (κ1) is 15.5. The minimum Gasteiger partial charge on any atom is -0.354 e. The third-order valence-electron chi connectivity index (χ3n) is 4.93. The van der Waals surface area contributed by atoms with Gasteiger partial charge in [0.1, 0.15) is 0 Å². The van der Waals surface area contributed by atoms with Crippen LogP contribution in [0.5, 0.6) is 0 Å². The van der Waals surface area contributed by atoms with E-state index in [0.29, 0.717) is 23.9 Å². The van der Waals surface area contributed by atoms with Crippen molar-refractivity contribution in [2.45, 2.75) is 25.7 Å². The number of hydrogen-bond acceptors (Lipinski definition) is 4. The Morgan fingerprint density at radius 3 is 3.00 bits per heavy atom. The van der Waals surface area contributed by atoms with Gasteiger partial charge in [0, 0.05) is 19.6 Å². The molecule has 1 aromatic rings. The molecule has 1 saturated heterocycles. The summed E-state index contributed by atoms with van der Waals surface area (Å²) >= 11 is 1.42. The Kier molecular flexibility index (Phi) is 4.78. The molecule has 120 valence electrons. The van der Waals surface area contributed by atoms with Crippen molar-refractivity contribution in [3.8, 4) is 0 Å². The third kappa shape index (κ3) is 3.03. The van der Waals surface area contributed by atoms with Crippen molar-refractivity contribution in [2.75, 3.05) is 26.2 Å². The SMILES string of the molecule is O=C(NCCNC(=O)[C@@]12CCCC[C@H]1CNC2)c1cccs1. The van der Waals surface area contributed by atoms with E-state index < -0.39 is 0 Å². The average Bonchev–Trinajstić information content (AvgIpc) is 3.20. The van der Waals surface area contributed by atoms with Gasteiger partial charge >= 0.3 is 0 Å². The number of fused-ring (bicyclic) bond motifs is 1. The van der Waals surface area contributed by atoms with Gasteiger partial charge in [-0.05, 0) is 36.8 Å². The Bertz CT molecular complexity index is 532. The van der Waals surface area contributed by atoms with Gasteiger partial charge in [0.2, 0.25) is 5.91 Å². The van der Waals surface area contributed by atoms with Crippen LogP contribution in [0.3, 0.4) is 0 Å². The molecule has 1 saturated carbocycles. The molecule has 3 N–H and O–H groups in total. The Labute approximate surface area is 134 Å². The molecule has 2 heterocycles. The van der Waals surface area contributed by atoms with Crippen LogP contribution in [-0.4, -0.2) is 38.0 Å². The predicted octanol–water partition coefficient (Wildman–Crippen LogP) is 1.37. The summed E-state index contributed by atoms with van der Waals surface area (Å²) in [6.45, 7) is 2.72. The predicted molar refractivity (Wildman–Crippen MR) is 86.9 cm³/mol. The van der Waals surface area contributed by atoms with E-state index in [1.165, 1.54) is 17.8 Å². The van der Waals surface area contributed by atoms with Crippen LogP contribution < -0.4 is 16.0 Å². The monoisotopic (exact) mass is 321 g/mol. The van der Waals surface area contributed by atoms with Crippen molar-refractivity contribution in [1.82, 2.24) is 16.0 Å². The lowest BCUT2D eigenvalue weighted by Gasteiger charge is -2.37. The maximum Gasteiger partial charge on any atom is 0.261 e. The van der Waals surface area contributed by atoms with Gasteiger partial charge < -0.3 is 16.0 Å². The average molecular weight is 321 g/mol. The molecule has 2 amide bonds. The normalized spacial score (nSPS) is 27.2. The third-order valence-corrected chi connectivity index (χ3v) is 5.80. The topological polar surface area (TPSA) is 70.2 Å². The highest BCUT2D eigenvalue weighted by molar-refractivity contribution is 7.12. The number of hydrogen-bond donors (Lipinski definition) is 3. The standard InChI is InChI=1S/C16H23N3O2S/c20-14(13-5-3-9-22-13)18-7-8-19-15(21)16-6-2-1-4-12(16)10-17-11-16/h3,5,9,12,17H,1-2,4,6-8,10-11H2,(H,18,20)(H,19,21)/t12-,16+/m0/s1. The van der Waals surface area contributed by atoms with E-state index in [1.807, 2.05) is 11.4 Å². The molecule has 2 aliphatic rings. The van der Waals surface area contributed by atoms with E-state index in [-0.39, 0.29) is 17.2 Å². The zero-order chi connectivity index (χ0) is 15.4. The molecule has 0 radical (unpaired) electrons. The molecule has 2 fully saturated rings. The Balaban J connectivity index is 1.45. The number of amides is 2. The van der Waals surface area contributed by atoms with Crippen LogP contribution >= 0.6 is 11.3 Å². The van der Waals surface area contributed by atoms with Crippen molar-refractivity contribution in [1.29, 1.82) is 0 Å². The highest BCUT2D eigenvalue weighted by Gasteiger charge is 2.49. The molecule has 0 aromatic carbocycles. The lowest BCUT2D eigenvalue weighted by molar-refractivity contribution is -0.133. The number of carbonyl (C=O) groups excluding carboxylic acids is 2. The zero-order valence-electron chi connectivity index (χ0n) is 12.7. The van der Waals surface area contributed by atoms with E-state index in [2.05, 4.69) is 16.0 Å². The largest absolute Gasteiger partial charge is 0.354 e. The minimum absolute atomic E-state index is 0.0690. The van der Waals surface area contributed by atoms with Crippen LogP contribution in [-0.2, 0) is 4.79 Å². The fourth-order valence-electron chi connectivity index (χ4n) is 3.71. The molecule has 3 rings (SSSR count). The quantitative estimate of drug-likeness (QED) is 0.718. The van der Waals surface area contributed by atoms with E-state index in [9.17, 15) is 9.59 Å². The highest BCUT2D eigenvalue weighted by atomic mass is 32.1. The number of rotatable bonds is 5. The molecule has 0 spiro atoms. The van der Waals surface area contributed by atoms with Gasteiger partial charge in [-0.3, -0.25) is 9.59 Å². The fraction of sp³-hybridized carbons (Fsp3) is 0.625. The fourth-order valence-corrected chi connectivity index (χ4v) is 4.35. The van der Waals surface area contributed by atoms with Crippen molar-refractivity contribution < 1.29 is 9.59 Å². The smallest absolute Gasteiger partial charge is 0.261 e. The molecule has 6 heteroatoms. The van der Waals surface area contributed by atoms with Crippen molar-refractivity contribution in [3.63, 3.8) is 0 Å². The molecule has 1 aliphatic carbocycles. The molecule has 1 aliphatic heterocycles. The van der Waals surface area contributed by atoms with Crippen LogP contribution in [0.4, 0.5) is 0 Å². The highest BCUT2D eigenvalue weighted by Crippen LogP contribution is 2.43. The zero-order valence-corrected chi connectivity index (χ0v) is 13.5. The van der Waals surface area contributed by atoms with Gasteiger partial charge in [-0.2, -0.15) is 0 Å². The summed E-state index contributed by atoms with van der Waals surface area (Å²) in [5.74, 6) is 0.565. The maximum absolute atomic E-state index is 12.6. The van der Waals surface area contributed by atoms with Gasteiger partial charge in [-0.15, -0.1) is 11.3 Å². The molecular formula is C16H23N3O2S. The number of thiophene rings is 1. The lowest BCUT2D eigenvalue weighted by atomic mass is 9.67. The Morgan fingerprint density at radius 2 is 2.18 bits per heavy atom. The van der Waals surface area contributed by atoms with Crippen LogP contribution in [0.1, 0.15) is 35.4 Å². The summed E-state index contributed by atoms with van der Waals surface area (Å²) < 4.78 is 0. The van der Waals surface area contributed by atoms with Gasteiger partial charge in [0.15, 0.2) is 0 Å². The van der Waals surface area contributed by atoms with Crippen LogP contribution in [0.2, 0.25) is 0 Å². The molecular weight excluding hydrogens is 298 g/mol. The molecule has 0 unspecified atom stereocenters. The lowest BCUT2D eigenvalue weighted by Crippen LogP contribution is -2.49. The van der Waals surface area contributed by atoms with Crippen molar-refractivity contribution in [3.05, 3.63) is 22.4 Å². The summed E-state index contributed by atoms with van der Waals surface area (Å²) in [5, 5.41) is 11.1. The van der Waals surface area contributed by atoms with Crippen LogP contribution in [0, 0.1) is 11.3 Å². The Morgan fingerprint density at radius 1 is 1.32 bits per heavy atom. The van der Waals surface area contributed by atoms with Gasteiger partial charge in [0.25, 0.3) is 5.91 Å². The van der Waals surface area contributed by atoms with Gasteiger partial charge in [0.05, 0.1) is 10.3 Å². The maximum atomic E-state index is 12.6. The van der Waals surface area contributed by atoms with E-state index in [0.717, 1.165) is 32.4 Å². The van der Waals surface area contributed by atoms with Crippen molar-refractivity contribution in [2.24, 2.45) is 11.3 Å². The van der Waals surface area contributed by atoms with Crippen molar-refractivity contribution >= 4 is 23.2 Å². The first-order valence-electron chi connectivity index (χ1n) is 8.03. The number of nitrogens with one attached hydrogen (secondary N) is 3. The first-order valence-corrected chi connectivity index (χ1v) is 8.91. The molecule has 5 nitrogen and oxygen atoms in total. The molecule has 22 heavy (non-hydrogen) atoms.